The second-order valence-corrected chi connectivity index (χ2v) is 7.50. The smallest absolute Gasteiger partial charge is 0.267 e. The molecular formula is C26H23F3O. The van der Waals surface area contributed by atoms with Gasteiger partial charge in [0.05, 0.1) is 12.2 Å². The van der Waals surface area contributed by atoms with Gasteiger partial charge in [0.15, 0.2) is 0 Å². The molecule has 0 saturated carbocycles. The number of rotatable bonds is 7. The molecule has 1 nitrogen and oxygen atoms in total. The third kappa shape index (κ3) is 4.49. The molecule has 3 aromatic carbocycles. The first-order valence-corrected chi connectivity index (χ1v) is 10.2. The normalized spacial score (nSPS) is 15.8. The van der Waals surface area contributed by atoms with Crippen molar-refractivity contribution in [2.75, 3.05) is 6.61 Å². The Bertz CT molecular complexity index is 1030. The molecule has 1 fully saturated rings. The molecule has 0 radical (unpaired) electrons. The van der Waals surface area contributed by atoms with Crippen LogP contribution >= 0.6 is 0 Å². The Balaban J connectivity index is 1.54. The molecule has 1 aliphatic heterocycles. The van der Waals surface area contributed by atoms with Gasteiger partial charge in [-0.1, -0.05) is 86.2 Å². The summed E-state index contributed by atoms with van der Waals surface area (Å²) in [5.41, 5.74) is 4.22. The maximum absolute atomic E-state index is 14.5. The number of alkyl halides is 2. The molecule has 1 aliphatic rings. The molecule has 0 N–H and O–H groups in total. The molecule has 4 rings (SSSR count). The second-order valence-electron chi connectivity index (χ2n) is 7.50. The number of halogens is 3. The van der Waals surface area contributed by atoms with Crippen LogP contribution in [0.3, 0.4) is 0 Å². The number of epoxide rings is 1. The van der Waals surface area contributed by atoms with Crippen LogP contribution in [0.15, 0.2) is 60.7 Å². The van der Waals surface area contributed by atoms with E-state index >= 15 is 0 Å². The lowest BCUT2D eigenvalue weighted by molar-refractivity contribution is 0.145. The molecule has 0 bridgehead atoms. The zero-order chi connectivity index (χ0) is 21.1. The molecule has 3 aromatic rings. The molecule has 154 valence electrons. The largest absolute Gasteiger partial charge is 0.368 e. The molecule has 0 aromatic heterocycles. The van der Waals surface area contributed by atoms with Crippen molar-refractivity contribution in [1.82, 2.24) is 0 Å². The number of hydrogen-bond acceptors (Lipinski definition) is 1. The van der Waals surface area contributed by atoms with Crippen molar-refractivity contribution in [2.45, 2.75) is 32.3 Å². The summed E-state index contributed by atoms with van der Waals surface area (Å²) in [5, 5.41) is 0. The van der Waals surface area contributed by atoms with E-state index in [1.54, 1.807) is 6.08 Å². The highest BCUT2D eigenvalue weighted by Crippen LogP contribution is 2.37. The summed E-state index contributed by atoms with van der Waals surface area (Å²) in [7, 11) is 0. The van der Waals surface area contributed by atoms with E-state index in [1.807, 2.05) is 24.3 Å². The number of benzene rings is 3. The Hall–Kier alpha value is -2.85. The molecule has 1 atom stereocenters. The van der Waals surface area contributed by atoms with Crippen molar-refractivity contribution >= 4 is 12.2 Å². The molecule has 0 aliphatic carbocycles. The first-order valence-electron chi connectivity index (χ1n) is 10.2. The van der Waals surface area contributed by atoms with Crippen LogP contribution in [0.2, 0.25) is 0 Å². The van der Waals surface area contributed by atoms with Gasteiger partial charge < -0.3 is 4.74 Å². The third-order valence-corrected chi connectivity index (χ3v) is 5.33. The van der Waals surface area contributed by atoms with E-state index in [4.69, 9.17) is 4.74 Å². The molecule has 1 unspecified atom stereocenters. The first kappa shape index (κ1) is 20.4. The van der Waals surface area contributed by atoms with Crippen LogP contribution in [-0.4, -0.2) is 6.61 Å². The van der Waals surface area contributed by atoms with Gasteiger partial charge in [0.2, 0.25) is 0 Å². The van der Waals surface area contributed by atoms with Gasteiger partial charge in [-0.25, -0.2) is 13.2 Å². The van der Waals surface area contributed by atoms with Gasteiger partial charge in [0, 0.05) is 5.56 Å². The summed E-state index contributed by atoms with van der Waals surface area (Å²) < 4.78 is 46.5. The van der Waals surface area contributed by atoms with Crippen molar-refractivity contribution < 1.29 is 17.9 Å². The van der Waals surface area contributed by atoms with Crippen LogP contribution in [0.4, 0.5) is 13.2 Å². The maximum Gasteiger partial charge on any atom is 0.267 e. The molecule has 30 heavy (non-hydrogen) atoms. The van der Waals surface area contributed by atoms with E-state index in [2.05, 4.69) is 31.2 Å². The van der Waals surface area contributed by atoms with Gasteiger partial charge in [-0.05, 0) is 34.2 Å². The average molecular weight is 408 g/mol. The van der Waals surface area contributed by atoms with E-state index < -0.39 is 23.9 Å². The highest BCUT2D eigenvalue weighted by Gasteiger charge is 2.31. The number of hydrogen-bond donors (Lipinski definition) is 0. The molecule has 4 heteroatoms. The lowest BCUT2D eigenvalue weighted by Crippen LogP contribution is -2.00. The zero-order valence-electron chi connectivity index (χ0n) is 16.7. The molecule has 1 heterocycles. The predicted octanol–water partition coefficient (Wildman–Crippen LogP) is 7.62. The van der Waals surface area contributed by atoms with Crippen LogP contribution in [0.5, 0.6) is 0 Å². The summed E-state index contributed by atoms with van der Waals surface area (Å²) in [5.74, 6) is -0.864. The van der Waals surface area contributed by atoms with Gasteiger partial charge in [0.1, 0.15) is 11.9 Å². The minimum Gasteiger partial charge on any atom is -0.368 e. The highest BCUT2D eigenvalue weighted by atomic mass is 19.3. The number of ether oxygens (including phenoxy) is 1. The van der Waals surface area contributed by atoms with Crippen LogP contribution in [0.25, 0.3) is 23.3 Å². The van der Waals surface area contributed by atoms with Crippen molar-refractivity contribution in [2.24, 2.45) is 0 Å². The van der Waals surface area contributed by atoms with E-state index in [9.17, 15) is 13.2 Å². The minimum atomic E-state index is -2.89. The molecular weight excluding hydrogens is 385 g/mol. The van der Waals surface area contributed by atoms with Crippen molar-refractivity contribution in [1.29, 1.82) is 0 Å². The molecule has 0 spiro atoms. The van der Waals surface area contributed by atoms with Crippen LogP contribution in [0, 0.1) is 5.82 Å². The topological polar surface area (TPSA) is 12.5 Å². The standard InChI is InChI=1S/C26H23F3O/c1-2-3-17-4-9-19(10-5-17)20-11-6-18(7-12-20)8-13-21-14-15-22(23-16-30-23)25(27)24(21)26(28)29/h4-15,23,26H,2-3,16H2,1H3/b13-8+. The van der Waals surface area contributed by atoms with E-state index in [0.29, 0.717) is 6.61 Å². The maximum atomic E-state index is 14.5. The third-order valence-electron chi connectivity index (χ3n) is 5.33. The Kier molecular flexibility index (Phi) is 6.05. The summed E-state index contributed by atoms with van der Waals surface area (Å²) in [6.45, 7) is 2.54. The SMILES string of the molecule is CCCc1ccc(-c2ccc(/C=C/c3ccc(C4CO4)c(F)c3C(F)F)cc2)cc1. The van der Waals surface area contributed by atoms with Crippen LogP contribution in [-0.2, 0) is 11.2 Å². The predicted molar refractivity (Wildman–Crippen MR) is 115 cm³/mol. The van der Waals surface area contributed by atoms with E-state index in [-0.39, 0.29) is 11.1 Å². The Morgan fingerprint density at radius 1 is 0.933 bits per heavy atom. The lowest BCUT2D eigenvalue weighted by Gasteiger charge is -2.10. The van der Waals surface area contributed by atoms with Crippen molar-refractivity contribution in [3.8, 4) is 11.1 Å². The summed E-state index contributed by atoms with van der Waals surface area (Å²) in [6.07, 6.45) is 2.17. The van der Waals surface area contributed by atoms with Gasteiger partial charge in [-0.3, -0.25) is 0 Å². The number of aryl methyl sites for hydroxylation is 1. The fourth-order valence-electron chi connectivity index (χ4n) is 3.59. The first-order chi connectivity index (χ1) is 14.6. The summed E-state index contributed by atoms with van der Waals surface area (Å²) in [6, 6.07) is 19.4. The Morgan fingerprint density at radius 3 is 2.13 bits per heavy atom. The van der Waals surface area contributed by atoms with Crippen LogP contribution < -0.4 is 0 Å². The van der Waals surface area contributed by atoms with Crippen LogP contribution in [0.1, 0.15) is 53.7 Å². The Morgan fingerprint density at radius 2 is 1.57 bits per heavy atom. The average Bonchev–Trinajstić information content (AvgIpc) is 3.58. The summed E-state index contributed by atoms with van der Waals surface area (Å²) >= 11 is 0. The highest BCUT2D eigenvalue weighted by molar-refractivity contribution is 5.73. The van der Waals surface area contributed by atoms with Gasteiger partial charge in [-0.15, -0.1) is 0 Å². The van der Waals surface area contributed by atoms with Crippen molar-refractivity contribution in [3.05, 3.63) is 94.3 Å². The fraction of sp³-hybridized carbons (Fsp3) is 0.231. The quantitative estimate of drug-likeness (QED) is 0.289. The zero-order valence-corrected chi connectivity index (χ0v) is 16.7. The van der Waals surface area contributed by atoms with E-state index in [1.165, 1.54) is 23.8 Å². The van der Waals surface area contributed by atoms with Crippen molar-refractivity contribution in [3.63, 3.8) is 0 Å². The Labute approximate surface area is 174 Å². The summed E-state index contributed by atoms with van der Waals surface area (Å²) in [4.78, 5) is 0. The van der Waals surface area contributed by atoms with Gasteiger partial charge >= 0.3 is 0 Å². The van der Waals surface area contributed by atoms with Gasteiger partial charge in [0.25, 0.3) is 6.43 Å². The van der Waals surface area contributed by atoms with E-state index in [0.717, 1.165) is 29.5 Å². The molecule has 1 saturated heterocycles. The second kappa shape index (κ2) is 8.88. The monoisotopic (exact) mass is 408 g/mol. The molecule has 0 amide bonds. The lowest BCUT2D eigenvalue weighted by atomic mass is 9.99. The van der Waals surface area contributed by atoms with Gasteiger partial charge in [-0.2, -0.15) is 0 Å². The fourth-order valence-corrected chi connectivity index (χ4v) is 3.59. The minimum absolute atomic E-state index is 0.183.